The predicted octanol–water partition coefficient (Wildman–Crippen LogP) is 5.48. The van der Waals surface area contributed by atoms with Crippen LogP contribution in [0, 0.1) is 23.2 Å². The van der Waals surface area contributed by atoms with Crippen LogP contribution < -0.4 is 0 Å². The van der Waals surface area contributed by atoms with Crippen molar-refractivity contribution in [3.8, 4) is 0 Å². The first kappa shape index (κ1) is 38.5. The maximum atomic E-state index is 16.0. The number of epoxide rings is 3. The molecule has 2 aromatic rings. The minimum atomic E-state index is -1.59. The van der Waals surface area contributed by atoms with Gasteiger partial charge in [0.2, 0.25) is 0 Å². The zero-order chi connectivity index (χ0) is 40.2. The number of hydrogen-bond acceptors (Lipinski definition) is 12. The third-order valence-electron chi connectivity index (χ3n) is 14.8. The summed E-state index contributed by atoms with van der Waals surface area (Å²) >= 11 is 0. The molecule has 13 heteroatoms. The highest BCUT2D eigenvalue weighted by atomic mass is 19.1. The van der Waals surface area contributed by atoms with Crippen molar-refractivity contribution in [2.24, 2.45) is 23.2 Å². The molecular formula is C45H51FO12. The van der Waals surface area contributed by atoms with Gasteiger partial charge in [-0.15, -0.1) is 0 Å². The largest absolute Gasteiger partial charge is 0.463 e. The molecule has 58 heavy (non-hydrogen) atoms. The van der Waals surface area contributed by atoms with E-state index in [1.807, 2.05) is 60.7 Å². The number of fused-ring (bicyclic) bond motifs is 4. The summed E-state index contributed by atoms with van der Waals surface area (Å²) in [5.74, 6) is -1.84. The summed E-state index contributed by atoms with van der Waals surface area (Å²) in [6.45, 7) is 8.58. The smallest absolute Gasteiger partial charge is 0.334 e. The van der Waals surface area contributed by atoms with Crippen LogP contribution in [0.25, 0.3) is 0 Å². The lowest BCUT2D eigenvalue weighted by Gasteiger charge is -2.53. The van der Waals surface area contributed by atoms with Gasteiger partial charge in [-0.1, -0.05) is 88.4 Å². The molecule has 10 rings (SSSR count). The highest BCUT2D eigenvalue weighted by Gasteiger charge is 3.01. The Kier molecular flexibility index (Phi) is 9.24. The zero-order valence-electron chi connectivity index (χ0n) is 33.3. The van der Waals surface area contributed by atoms with Gasteiger partial charge in [0.15, 0.2) is 24.2 Å². The van der Waals surface area contributed by atoms with Crippen molar-refractivity contribution in [2.75, 3.05) is 13.2 Å². The Morgan fingerprint density at radius 1 is 0.914 bits per heavy atom. The number of halogens is 1. The van der Waals surface area contributed by atoms with Gasteiger partial charge in [-0.25, -0.2) is 9.18 Å². The van der Waals surface area contributed by atoms with Gasteiger partial charge in [0.1, 0.15) is 42.7 Å². The molecule has 0 N–H and O–H groups in total. The van der Waals surface area contributed by atoms with E-state index in [2.05, 4.69) is 20.8 Å². The number of ether oxygens (including phenoxy) is 9. The number of rotatable bonds is 13. The maximum absolute atomic E-state index is 16.0. The summed E-state index contributed by atoms with van der Waals surface area (Å²) in [6.07, 6.45) is -4.37. The first-order valence-corrected chi connectivity index (χ1v) is 20.8. The predicted molar refractivity (Wildman–Crippen MR) is 200 cm³/mol. The molecule has 14 atom stereocenters. The molecule has 8 aliphatic rings. The molecule has 12 nitrogen and oxygen atoms in total. The zero-order valence-corrected chi connectivity index (χ0v) is 33.3. The van der Waals surface area contributed by atoms with Gasteiger partial charge >= 0.3 is 17.9 Å². The van der Waals surface area contributed by atoms with Gasteiger partial charge < -0.3 is 42.6 Å². The number of cyclic esters (lactones) is 1. The van der Waals surface area contributed by atoms with Gasteiger partial charge in [-0.2, -0.15) is 0 Å². The van der Waals surface area contributed by atoms with Crippen molar-refractivity contribution in [1.29, 1.82) is 0 Å². The molecule has 1 unspecified atom stereocenters. The second kappa shape index (κ2) is 13.9. The fourth-order valence-electron chi connectivity index (χ4n) is 11.6. The quantitative estimate of drug-likeness (QED) is 0.144. The van der Waals surface area contributed by atoms with E-state index in [0.29, 0.717) is 19.4 Å². The van der Waals surface area contributed by atoms with E-state index in [4.69, 9.17) is 42.6 Å². The van der Waals surface area contributed by atoms with Crippen molar-refractivity contribution in [3.63, 3.8) is 0 Å². The Hall–Kier alpha value is -3.72. The van der Waals surface area contributed by atoms with Crippen LogP contribution in [0.5, 0.6) is 0 Å². The highest BCUT2D eigenvalue weighted by Crippen LogP contribution is 2.83. The highest BCUT2D eigenvalue weighted by molar-refractivity contribution is 5.92. The van der Waals surface area contributed by atoms with Crippen molar-refractivity contribution >= 4 is 17.9 Å². The molecule has 4 saturated heterocycles. The number of carbonyl (C=O) groups is 3. The SMILES string of the molecule is CC(C)[C@]12O[C@H]1[C@@H]1O[C@]13[C@]1(O[C@H]1C[C@H]1C4=C(CC[C@@]13C)C(=O)OC4)[C@@H]2OC(=O)CCC(=O)OC[C@H]1OC(OCc2ccccc2)[C@H](F)[C@@H](OCc2ccccc2)[C@@H]1C. The molecule has 5 aliphatic heterocycles. The van der Waals surface area contributed by atoms with E-state index in [1.54, 1.807) is 6.92 Å². The van der Waals surface area contributed by atoms with Crippen LogP contribution in [-0.2, 0) is 70.2 Å². The van der Waals surface area contributed by atoms with Gasteiger partial charge in [0.25, 0.3) is 0 Å². The van der Waals surface area contributed by atoms with E-state index in [0.717, 1.165) is 28.7 Å². The van der Waals surface area contributed by atoms with E-state index in [-0.39, 0.29) is 74.2 Å². The van der Waals surface area contributed by atoms with Crippen molar-refractivity contribution in [3.05, 3.63) is 82.9 Å². The fraction of sp³-hybridized carbons (Fsp3) is 0.622. The molecule has 5 heterocycles. The lowest BCUT2D eigenvalue weighted by Crippen LogP contribution is -2.70. The van der Waals surface area contributed by atoms with Crippen LogP contribution in [0.2, 0.25) is 0 Å². The fourth-order valence-corrected chi connectivity index (χ4v) is 11.6. The summed E-state index contributed by atoms with van der Waals surface area (Å²) in [6, 6.07) is 18.9. The number of carbonyl (C=O) groups excluding carboxylic acids is 3. The molecular weight excluding hydrogens is 751 g/mol. The summed E-state index contributed by atoms with van der Waals surface area (Å²) in [7, 11) is 0. The Bertz CT molecular complexity index is 1990. The lowest BCUT2D eigenvalue weighted by molar-refractivity contribution is -0.285. The van der Waals surface area contributed by atoms with Crippen LogP contribution in [0.3, 0.4) is 0 Å². The molecule has 0 bridgehead atoms. The minimum absolute atomic E-state index is 0.00358. The average Bonchev–Trinajstić information content (AvgIpc) is 4.16. The Morgan fingerprint density at radius 2 is 1.60 bits per heavy atom. The van der Waals surface area contributed by atoms with Gasteiger partial charge in [-0.05, 0) is 47.8 Å². The summed E-state index contributed by atoms with van der Waals surface area (Å²) in [4.78, 5) is 39.5. The van der Waals surface area contributed by atoms with Crippen molar-refractivity contribution in [2.45, 2.75) is 139 Å². The standard InChI is InChI=1S/C45H51FO12/c1-24(2)43-37(57-43)38-45(58-38)42(4)18-17-28-29(22-52-39(28)49)30(42)19-32-44(45,56-32)41(43)55-34(48)16-15-33(47)50-23-31-25(3)36(51-20-26-11-7-5-8-12-26)35(46)40(54-31)53-21-27-13-9-6-10-14-27/h5-14,24-25,30-32,35-38,40-41H,15-23H2,1-4H3/t25-,30+,31-,32+,35-,36+,37+,38+,40?,41-,42+,43+,44-,45-/m1/s1. The number of benzene rings is 2. The number of alkyl halides is 1. The van der Waals surface area contributed by atoms with Crippen LogP contribution in [0.15, 0.2) is 71.8 Å². The van der Waals surface area contributed by atoms with E-state index in [9.17, 15) is 14.4 Å². The van der Waals surface area contributed by atoms with E-state index < -0.39 is 65.4 Å². The van der Waals surface area contributed by atoms with E-state index >= 15 is 4.39 Å². The average molecular weight is 803 g/mol. The molecule has 2 spiro atoms. The molecule has 310 valence electrons. The molecule has 6 fully saturated rings. The maximum Gasteiger partial charge on any atom is 0.334 e. The van der Waals surface area contributed by atoms with Gasteiger partial charge in [0.05, 0.1) is 38.3 Å². The molecule has 0 amide bonds. The minimum Gasteiger partial charge on any atom is -0.463 e. The molecule has 0 aromatic heterocycles. The van der Waals surface area contributed by atoms with Gasteiger partial charge in [-0.3, -0.25) is 9.59 Å². The first-order valence-electron chi connectivity index (χ1n) is 20.8. The van der Waals surface area contributed by atoms with Gasteiger partial charge in [0, 0.05) is 16.9 Å². The molecule has 3 aliphatic carbocycles. The summed E-state index contributed by atoms with van der Waals surface area (Å²) in [5.41, 5.74) is 0.826. The van der Waals surface area contributed by atoms with Crippen molar-refractivity contribution < 1.29 is 61.4 Å². The topological polar surface area (TPSA) is 144 Å². The molecule has 2 aromatic carbocycles. The third kappa shape index (κ3) is 5.63. The Morgan fingerprint density at radius 3 is 2.31 bits per heavy atom. The second-order valence-corrected chi connectivity index (χ2v) is 18.0. The first-order chi connectivity index (χ1) is 27.9. The van der Waals surface area contributed by atoms with E-state index in [1.165, 1.54) is 0 Å². The van der Waals surface area contributed by atoms with Crippen molar-refractivity contribution in [1.82, 2.24) is 0 Å². The van der Waals surface area contributed by atoms with Crippen LogP contribution in [-0.4, -0.2) is 97.0 Å². The third-order valence-corrected chi connectivity index (χ3v) is 14.8. The Balaban J connectivity index is 0.796. The lowest BCUT2D eigenvalue weighted by atomic mass is 9.46. The normalized spacial score (nSPS) is 42.5. The second-order valence-electron chi connectivity index (χ2n) is 18.0. The van der Waals surface area contributed by atoms with Crippen LogP contribution >= 0.6 is 0 Å². The Labute approximate surface area is 336 Å². The van der Waals surface area contributed by atoms with Crippen LogP contribution in [0.1, 0.15) is 70.9 Å². The molecule has 0 radical (unpaired) electrons. The monoisotopic (exact) mass is 802 g/mol. The van der Waals surface area contributed by atoms with Crippen LogP contribution in [0.4, 0.5) is 4.39 Å². The molecule has 2 saturated carbocycles. The summed E-state index contributed by atoms with van der Waals surface area (Å²) < 4.78 is 71.7. The number of hydrogen-bond donors (Lipinski definition) is 0. The summed E-state index contributed by atoms with van der Waals surface area (Å²) in [5, 5.41) is 0. The number of esters is 3.